The summed E-state index contributed by atoms with van der Waals surface area (Å²) in [4.78, 5) is 21.0. The molecule has 0 saturated heterocycles. The summed E-state index contributed by atoms with van der Waals surface area (Å²) in [5, 5.41) is 21.1. The maximum absolute atomic E-state index is 11.9. The summed E-state index contributed by atoms with van der Waals surface area (Å²) in [6, 6.07) is 4.14. The number of aryl methyl sites for hydroxylation is 1. The third-order valence-electron chi connectivity index (χ3n) is 2.55. The number of carbonyl (C=O) groups excluding carboxylic acids is 2. The number of nitrogens with one attached hydrogen (secondary N) is 1. The second kappa shape index (κ2) is 6.49. The molecule has 0 heterocycles. The van der Waals surface area contributed by atoms with Crippen LogP contribution in [0.2, 0.25) is 0 Å². The van der Waals surface area contributed by atoms with Gasteiger partial charge < -0.3 is 19.8 Å². The number of carbonyl (C=O) groups is 2. The van der Waals surface area contributed by atoms with Gasteiger partial charge in [-0.1, -0.05) is 17.7 Å². The highest BCUT2D eigenvalue weighted by Gasteiger charge is 2.20. The highest BCUT2D eigenvalue weighted by Crippen LogP contribution is 2.11. The van der Waals surface area contributed by atoms with Crippen LogP contribution in [-0.2, 0) is 19.6 Å². The Balaban J connectivity index is 2.88. The zero-order chi connectivity index (χ0) is 15.3. The molecular formula is C12H13NO6S-2. The first kappa shape index (κ1) is 16.1. The lowest BCUT2D eigenvalue weighted by Gasteiger charge is -2.19. The van der Waals surface area contributed by atoms with Gasteiger partial charge in [0.1, 0.15) is 0 Å². The number of aliphatic carboxylic acids is 2. The molecule has 0 bridgehead atoms. The van der Waals surface area contributed by atoms with Crippen molar-refractivity contribution in [2.75, 3.05) is 0 Å². The largest absolute Gasteiger partial charge is 0.550 e. The Hall–Kier alpha value is -1.93. The average molecular weight is 299 g/mol. The fourth-order valence-corrected chi connectivity index (χ4v) is 2.68. The van der Waals surface area contributed by atoms with Crippen LogP contribution in [0.4, 0.5) is 0 Å². The van der Waals surface area contributed by atoms with Crippen LogP contribution in [0.25, 0.3) is 0 Å². The lowest BCUT2D eigenvalue weighted by atomic mass is 10.2. The Bertz CT molecular complexity index is 593. The smallest absolute Gasteiger partial charge is 0.241 e. The third kappa shape index (κ3) is 4.63. The van der Waals surface area contributed by atoms with Crippen LogP contribution in [0, 0.1) is 6.92 Å². The molecule has 20 heavy (non-hydrogen) atoms. The monoisotopic (exact) mass is 299 g/mol. The second-order valence-electron chi connectivity index (χ2n) is 4.22. The van der Waals surface area contributed by atoms with Gasteiger partial charge >= 0.3 is 0 Å². The minimum atomic E-state index is -4.05. The van der Waals surface area contributed by atoms with Crippen molar-refractivity contribution in [2.45, 2.75) is 30.7 Å². The molecule has 0 aliphatic heterocycles. The number of hydrogen-bond donors (Lipinski definition) is 1. The van der Waals surface area contributed by atoms with Crippen LogP contribution in [0.15, 0.2) is 29.2 Å². The predicted octanol–water partition coefficient (Wildman–Crippen LogP) is -2.08. The van der Waals surface area contributed by atoms with Gasteiger partial charge in [0.2, 0.25) is 10.0 Å². The van der Waals surface area contributed by atoms with Crippen molar-refractivity contribution in [3.8, 4) is 0 Å². The average Bonchev–Trinajstić information content (AvgIpc) is 2.34. The maximum Gasteiger partial charge on any atom is 0.241 e. The van der Waals surface area contributed by atoms with Gasteiger partial charge in [0.05, 0.1) is 16.9 Å². The van der Waals surface area contributed by atoms with Crippen LogP contribution < -0.4 is 14.9 Å². The van der Waals surface area contributed by atoms with Gasteiger partial charge in [-0.15, -0.1) is 0 Å². The molecule has 0 aliphatic carbocycles. The molecule has 8 heteroatoms. The SMILES string of the molecule is Cc1ccc(S(=O)(=O)N[C@@H](CCC(=O)[O-])C(=O)[O-])cc1. The molecule has 0 unspecified atom stereocenters. The van der Waals surface area contributed by atoms with E-state index in [-0.39, 0.29) is 4.90 Å². The Kier molecular flexibility index (Phi) is 5.23. The van der Waals surface area contributed by atoms with Gasteiger partial charge in [-0.25, -0.2) is 13.1 Å². The Labute approximate surface area is 116 Å². The lowest BCUT2D eigenvalue weighted by molar-refractivity contribution is -0.309. The van der Waals surface area contributed by atoms with Gasteiger partial charge in [-0.2, -0.15) is 0 Å². The quantitative estimate of drug-likeness (QED) is 0.616. The van der Waals surface area contributed by atoms with Crippen molar-refractivity contribution < 1.29 is 28.2 Å². The zero-order valence-corrected chi connectivity index (χ0v) is 11.5. The molecule has 1 aromatic rings. The summed E-state index contributed by atoms with van der Waals surface area (Å²) in [5.74, 6) is -3.16. The molecule has 1 N–H and O–H groups in total. The molecule has 0 spiro atoms. The third-order valence-corrected chi connectivity index (χ3v) is 4.04. The fourth-order valence-electron chi connectivity index (χ4n) is 1.46. The van der Waals surface area contributed by atoms with Crippen molar-refractivity contribution in [3.05, 3.63) is 29.8 Å². The van der Waals surface area contributed by atoms with E-state index in [0.29, 0.717) is 0 Å². The van der Waals surface area contributed by atoms with E-state index in [0.717, 1.165) is 5.56 Å². The minimum Gasteiger partial charge on any atom is -0.550 e. The van der Waals surface area contributed by atoms with E-state index in [1.165, 1.54) is 12.1 Å². The normalized spacial score (nSPS) is 12.8. The maximum atomic E-state index is 11.9. The molecule has 0 radical (unpaired) electrons. The van der Waals surface area contributed by atoms with Crippen LogP contribution in [0.3, 0.4) is 0 Å². The van der Waals surface area contributed by atoms with Crippen molar-refractivity contribution in [2.24, 2.45) is 0 Å². The standard InChI is InChI=1S/C12H15NO6S/c1-8-2-4-9(5-3-8)20(18,19)13-10(12(16)17)6-7-11(14)15/h2-5,10,13H,6-7H2,1H3,(H,14,15)(H,16,17)/p-2/t10-/m0/s1. The number of benzene rings is 1. The van der Waals surface area contributed by atoms with E-state index >= 15 is 0 Å². The highest BCUT2D eigenvalue weighted by atomic mass is 32.2. The molecule has 7 nitrogen and oxygen atoms in total. The van der Waals surface area contributed by atoms with Crippen molar-refractivity contribution >= 4 is 22.0 Å². The van der Waals surface area contributed by atoms with Crippen molar-refractivity contribution in [1.29, 1.82) is 0 Å². The van der Waals surface area contributed by atoms with E-state index in [1.54, 1.807) is 19.1 Å². The molecular weight excluding hydrogens is 286 g/mol. The second-order valence-corrected chi connectivity index (χ2v) is 5.93. The summed E-state index contributed by atoms with van der Waals surface area (Å²) in [7, 11) is -4.05. The Morgan fingerprint density at radius 3 is 2.20 bits per heavy atom. The molecule has 0 aliphatic rings. The van der Waals surface area contributed by atoms with Gasteiger partial charge in [0.25, 0.3) is 0 Å². The molecule has 1 atom stereocenters. The number of hydrogen-bond acceptors (Lipinski definition) is 6. The van der Waals surface area contributed by atoms with Gasteiger partial charge in [-0.3, -0.25) is 0 Å². The fraction of sp³-hybridized carbons (Fsp3) is 0.333. The van der Waals surface area contributed by atoms with Gasteiger partial charge in [0, 0.05) is 5.97 Å². The van der Waals surface area contributed by atoms with Gasteiger partial charge in [-0.05, 0) is 31.9 Å². The number of carboxylic acid groups (broad SMARTS) is 2. The summed E-state index contributed by atoms with van der Waals surface area (Å²) in [5.41, 5.74) is 0.845. The predicted molar refractivity (Wildman–Crippen MR) is 64.5 cm³/mol. The van der Waals surface area contributed by atoms with E-state index in [9.17, 15) is 28.2 Å². The van der Waals surface area contributed by atoms with Crippen LogP contribution in [0.1, 0.15) is 18.4 Å². The molecule has 0 aromatic heterocycles. The van der Waals surface area contributed by atoms with Crippen molar-refractivity contribution in [3.63, 3.8) is 0 Å². The summed E-state index contributed by atoms with van der Waals surface area (Å²) in [6.07, 6.45) is -1.04. The molecule has 0 saturated carbocycles. The van der Waals surface area contributed by atoms with E-state index in [1.807, 2.05) is 4.72 Å². The Morgan fingerprint density at radius 1 is 1.20 bits per heavy atom. The van der Waals surface area contributed by atoms with E-state index < -0.39 is 40.8 Å². The molecule has 1 aromatic carbocycles. The minimum absolute atomic E-state index is 0.109. The van der Waals surface area contributed by atoms with Crippen LogP contribution in [-0.4, -0.2) is 26.4 Å². The lowest BCUT2D eigenvalue weighted by Crippen LogP contribution is -2.48. The molecule has 1 rings (SSSR count). The topological polar surface area (TPSA) is 126 Å². The highest BCUT2D eigenvalue weighted by molar-refractivity contribution is 7.89. The van der Waals surface area contributed by atoms with Gasteiger partial charge in [0.15, 0.2) is 0 Å². The first-order valence-corrected chi connectivity index (χ1v) is 7.20. The number of rotatable bonds is 7. The van der Waals surface area contributed by atoms with E-state index in [2.05, 4.69) is 0 Å². The molecule has 0 amide bonds. The summed E-state index contributed by atoms with van der Waals surface area (Å²) < 4.78 is 25.8. The summed E-state index contributed by atoms with van der Waals surface area (Å²) >= 11 is 0. The summed E-state index contributed by atoms with van der Waals surface area (Å²) in [6.45, 7) is 1.77. The molecule has 110 valence electrons. The Morgan fingerprint density at radius 2 is 1.75 bits per heavy atom. The first-order chi connectivity index (χ1) is 9.22. The van der Waals surface area contributed by atoms with Crippen molar-refractivity contribution in [1.82, 2.24) is 4.72 Å². The zero-order valence-electron chi connectivity index (χ0n) is 10.7. The first-order valence-electron chi connectivity index (χ1n) is 5.72. The molecule has 0 fully saturated rings. The number of carboxylic acids is 2. The number of sulfonamides is 1. The van der Waals surface area contributed by atoms with Crippen LogP contribution in [0.5, 0.6) is 0 Å². The van der Waals surface area contributed by atoms with E-state index in [4.69, 9.17) is 0 Å². The van der Waals surface area contributed by atoms with Crippen LogP contribution >= 0.6 is 0 Å².